The molecule has 0 saturated heterocycles. The molecule has 0 aliphatic rings. The topological polar surface area (TPSA) is 65.7 Å². The van der Waals surface area contributed by atoms with Crippen molar-refractivity contribution in [2.24, 2.45) is 7.05 Å². The van der Waals surface area contributed by atoms with Gasteiger partial charge in [-0.05, 0) is 0 Å². The number of imidazole rings is 1. The zero-order chi connectivity index (χ0) is 16.6. The minimum Gasteiger partial charge on any atom is -0.463 e. The lowest BCUT2D eigenvalue weighted by atomic mass is 10.3. The van der Waals surface area contributed by atoms with Gasteiger partial charge in [-0.15, -0.1) is 11.3 Å². The van der Waals surface area contributed by atoms with Crippen LogP contribution in [-0.2, 0) is 13.2 Å². The number of hydrogen-bond acceptors (Lipinski definition) is 6. The SMILES string of the molecule is Cn1cncc1-c1cc(OP)nc(-c2nc(C(F)(F)F)cs2)n1. The van der Waals surface area contributed by atoms with Crippen molar-refractivity contribution in [1.29, 1.82) is 0 Å². The van der Waals surface area contributed by atoms with Crippen LogP contribution in [0.4, 0.5) is 13.2 Å². The van der Waals surface area contributed by atoms with Crippen LogP contribution in [0.3, 0.4) is 0 Å². The summed E-state index contributed by atoms with van der Waals surface area (Å²) in [6.07, 6.45) is -1.33. The summed E-state index contributed by atoms with van der Waals surface area (Å²) in [4.78, 5) is 15.9. The fourth-order valence-corrected chi connectivity index (χ4v) is 2.70. The maximum Gasteiger partial charge on any atom is 0.434 e. The lowest BCUT2D eigenvalue weighted by molar-refractivity contribution is -0.140. The summed E-state index contributed by atoms with van der Waals surface area (Å²) in [5.74, 6) is 0.251. The summed E-state index contributed by atoms with van der Waals surface area (Å²) in [6, 6.07) is 1.56. The van der Waals surface area contributed by atoms with Crippen LogP contribution < -0.4 is 4.52 Å². The molecule has 3 aromatic heterocycles. The van der Waals surface area contributed by atoms with Crippen molar-refractivity contribution >= 4 is 20.8 Å². The maximum atomic E-state index is 12.7. The number of alkyl halides is 3. The summed E-state index contributed by atoms with van der Waals surface area (Å²) in [5, 5.41) is 0.987. The molecule has 23 heavy (non-hydrogen) atoms. The van der Waals surface area contributed by atoms with E-state index in [9.17, 15) is 13.2 Å². The molecule has 0 aromatic carbocycles. The molecule has 0 bridgehead atoms. The van der Waals surface area contributed by atoms with Gasteiger partial charge in [0.2, 0.25) is 5.88 Å². The fraction of sp³-hybridized carbons (Fsp3) is 0.167. The van der Waals surface area contributed by atoms with Crippen LogP contribution in [0.15, 0.2) is 24.0 Å². The Morgan fingerprint density at radius 3 is 2.61 bits per heavy atom. The molecule has 11 heteroatoms. The molecule has 1 atom stereocenters. The smallest absolute Gasteiger partial charge is 0.434 e. The third kappa shape index (κ3) is 3.18. The standard InChI is InChI=1S/C12H9F3N5OPS/c1-20-5-16-3-7(20)6-2-9(21-22)19-10(17-6)11-18-8(4-23-11)12(13,14)15/h2-5H,22H2,1H3. The van der Waals surface area contributed by atoms with Gasteiger partial charge in [-0.3, -0.25) is 0 Å². The number of thiazole rings is 1. The monoisotopic (exact) mass is 359 g/mol. The van der Waals surface area contributed by atoms with Gasteiger partial charge < -0.3 is 9.09 Å². The Balaban J connectivity index is 2.09. The van der Waals surface area contributed by atoms with E-state index in [1.807, 2.05) is 9.47 Å². The number of rotatable bonds is 3. The van der Waals surface area contributed by atoms with Gasteiger partial charge in [-0.2, -0.15) is 18.2 Å². The Morgan fingerprint density at radius 1 is 1.26 bits per heavy atom. The van der Waals surface area contributed by atoms with Gasteiger partial charge >= 0.3 is 6.18 Å². The Hall–Kier alpha value is -2.06. The highest BCUT2D eigenvalue weighted by Gasteiger charge is 2.34. The molecule has 3 heterocycles. The average molecular weight is 359 g/mol. The first kappa shape index (κ1) is 15.8. The van der Waals surface area contributed by atoms with Gasteiger partial charge in [-0.25, -0.2) is 15.0 Å². The first-order valence-electron chi connectivity index (χ1n) is 6.14. The van der Waals surface area contributed by atoms with E-state index >= 15 is 0 Å². The third-order valence-corrected chi connectivity index (χ3v) is 3.97. The van der Waals surface area contributed by atoms with Crippen LogP contribution in [0.1, 0.15) is 5.69 Å². The van der Waals surface area contributed by atoms with E-state index in [0.29, 0.717) is 11.4 Å². The largest absolute Gasteiger partial charge is 0.463 e. The summed E-state index contributed by atoms with van der Waals surface area (Å²) >= 11 is 0.818. The van der Waals surface area contributed by atoms with Crippen molar-refractivity contribution in [3.63, 3.8) is 0 Å². The molecule has 0 saturated carbocycles. The number of hydrogen-bond donors (Lipinski definition) is 0. The Labute approximate surface area is 134 Å². The van der Waals surface area contributed by atoms with Crippen molar-refractivity contribution in [3.8, 4) is 28.1 Å². The number of halogens is 3. The molecule has 0 radical (unpaired) electrons. The van der Waals surface area contributed by atoms with Gasteiger partial charge in [0, 0.05) is 18.5 Å². The molecular weight excluding hydrogens is 350 g/mol. The molecule has 0 aliphatic carbocycles. The lowest BCUT2D eigenvalue weighted by Gasteiger charge is -2.06. The van der Waals surface area contributed by atoms with Crippen molar-refractivity contribution < 1.29 is 17.7 Å². The molecule has 1 unspecified atom stereocenters. The molecule has 0 spiro atoms. The van der Waals surface area contributed by atoms with Gasteiger partial charge in [-0.1, -0.05) is 0 Å². The highest BCUT2D eigenvalue weighted by atomic mass is 32.1. The van der Waals surface area contributed by atoms with Crippen molar-refractivity contribution in [3.05, 3.63) is 29.7 Å². The zero-order valence-electron chi connectivity index (χ0n) is 11.6. The molecule has 0 aliphatic heterocycles. The molecular formula is C12H9F3N5OPS. The quantitative estimate of drug-likeness (QED) is 0.672. The summed E-state index contributed by atoms with van der Waals surface area (Å²) < 4.78 is 44.8. The van der Waals surface area contributed by atoms with Gasteiger partial charge in [0.05, 0.1) is 33.4 Å². The molecule has 6 nitrogen and oxygen atoms in total. The first-order valence-corrected chi connectivity index (χ1v) is 7.49. The minimum atomic E-state index is -4.51. The van der Waals surface area contributed by atoms with Crippen LogP contribution in [0.5, 0.6) is 5.88 Å². The predicted molar refractivity (Wildman–Crippen MR) is 80.7 cm³/mol. The zero-order valence-corrected chi connectivity index (χ0v) is 13.5. The molecule has 3 aromatic rings. The first-order chi connectivity index (χ1) is 10.9. The Morgan fingerprint density at radius 2 is 2.04 bits per heavy atom. The molecule has 0 amide bonds. The number of nitrogens with zero attached hydrogens (tertiary/aromatic N) is 5. The van der Waals surface area contributed by atoms with E-state index < -0.39 is 11.9 Å². The van der Waals surface area contributed by atoms with Gasteiger partial charge in [0.15, 0.2) is 16.5 Å². The van der Waals surface area contributed by atoms with Crippen molar-refractivity contribution in [2.45, 2.75) is 6.18 Å². The maximum absolute atomic E-state index is 12.7. The Kier molecular flexibility index (Phi) is 4.03. The number of aromatic nitrogens is 5. The molecule has 120 valence electrons. The molecule has 0 N–H and O–H groups in total. The summed E-state index contributed by atoms with van der Waals surface area (Å²) in [6.45, 7) is 0. The normalized spacial score (nSPS) is 11.7. The van der Waals surface area contributed by atoms with E-state index in [0.717, 1.165) is 16.7 Å². The van der Waals surface area contributed by atoms with Crippen LogP contribution in [0, 0.1) is 0 Å². The Bertz CT molecular complexity index is 847. The van der Waals surface area contributed by atoms with E-state index in [1.54, 1.807) is 30.2 Å². The van der Waals surface area contributed by atoms with Gasteiger partial charge in [0.1, 0.15) is 0 Å². The van der Waals surface area contributed by atoms with E-state index in [4.69, 9.17) is 4.52 Å². The van der Waals surface area contributed by atoms with E-state index in [2.05, 4.69) is 19.9 Å². The van der Waals surface area contributed by atoms with Crippen LogP contribution in [-0.4, -0.2) is 24.5 Å². The number of aryl methyl sites for hydroxylation is 1. The van der Waals surface area contributed by atoms with Crippen LogP contribution in [0.25, 0.3) is 22.2 Å². The highest BCUT2D eigenvalue weighted by molar-refractivity contribution is 7.13. The third-order valence-electron chi connectivity index (χ3n) is 2.89. The summed E-state index contributed by atoms with van der Waals surface area (Å²) in [5.41, 5.74) is 0.168. The lowest BCUT2D eigenvalue weighted by Crippen LogP contribution is -2.05. The van der Waals surface area contributed by atoms with E-state index in [1.165, 1.54) is 0 Å². The van der Waals surface area contributed by atoms with Crippen LogP contribution in [0.2, 0.25) is 0 Å². The highest BCUT2D eigenvalue weighted by Crippen LogP contribution is 2.33. The van der Waals surface area contributed by atoms with Crippen molar-refractivity contribution in [1.82, 2.24) is 24.5 Å². The van der Waals surface area contributed by atoms with E-state index in [-0.39, 0.29) is 16.7 Å². The second-order valence-electron chi connectivity index (χ2n) is 4.46. The minimum absolute atomic E-state index is 0.0571. The molecule has 3 rings (SSSR count). The summed E-state index contributed by atoms with van der Waals surface area (Å²) in [7, 11) is 3.81. The predicted octanol–water partition coefficient (Wildman–Crippen LogP) is 3.19. The second kappa shape index (κ2) is 5.86. The molecule has 0 fully saturated rings. The van der Waals surface area contributed by atoms with Crippen molar-refractivity contribution in [2.75, 3.05) is 0 Å². The van der Waals surface area contributed by atoms with Gasteiger partial charge in [0.25, 0.3) is 0 Å². The van der Waals surface area contributed by atoms with Crippen LogP contribution >= 0.6 is 20.8 Å². The average Bonchev–Trinajstić information content (AvgIpc) is 3.15. The second-order valence-corrected chi connectivity index (χ2v) is 5.55. The fourth-order valence-electron chi connectivity index (χ4n) is 1.82.